The first kappa shape index (κ1) is 15.1. The molecule has 5 nitrogen and oxygen atoms in total. The van der Waals surface area contributed by atoms with Gasteiger partial charge in [-0.15, -0.1) is 0 Å². The molecule has 0 bridgehead atoms. The molecule has 5 heteroatoms. The molecule has 1 heterocycles. The minimum Gasteiger partial charge on any atom is -0.350 e. The van der Waals surface area contributed by atoms with E-state index in [4.69, 9.17) is 0 Å². The number of hydrogen-bond donors (Lipinski definition) is 2. The summed E-state index contributed by atoms with van der Waals surface area (Å²) < 4.78 is 0. The summed E-state index contributed by atoms with van der Waals surface area (Å²) in [7, 11) is 0. The minimum absolute atomic E-state index is 0.0673. The van der Waals surface area contributed by atoms with E-state index in [2.05, 4.69) is 27.4 Å². The SMILES string of the molecule is O=C(NCc1cc(=O)[nH]cn1)C1(c2ccccc2)CC12CCCC2. The third-order valence-corrected chi connectivity index (χ3v) is 5.76. The molecule has 1 aromatic heterocycles. The Balaban J connectivity index is 1.59. The number of carbonyl (C=O) groups is 1. The van der Waals surface area contributed by atoms with Crippen LogP contribution in [0.2, 0.25) is 0 Å². The molecule has 124 valence electrons. The molecule has 24 heavy (non-hydrogen) atoms. The van der Waals surface area contributed by atoms with Gasteiger partial charge in [0, 0.05) is 6.07 Å². The lowest BCUT2D eigenvalue weighted by molar-refractivity contribution is -0.124. The van der Waals surface area contributed by atoms with Gasteiger partial charge in [-0.1, -0.05) is 43.2 Å². The van der Waals surface area contributed by atoms with Crippen molar-refractivity contribution in [2.24, 2.45) is 5.41 Å². The van der Waals surface area contributed by atoms with Gasteiger partial charge < -0.3 is 10.3 Å². The number of hydrogen-bond acceptors (Lipinski definition) is 3. The number of aromatic amines is 1. The van der Waals surface area contributed by atoms with Crippen LogP contribution in [-0.2, 0) is 16.8 Å². The van der Waals surface area contributed by atoms with Crippen LogP contribution in [0.4, 0.5) is 0 Å². The van der Waals surface area contributed by atoms with Gasteiger partial charge in [-0.05, 0) is 30.2 Å². The van der Waals surface area contributed by atoms with Crippen molar-refractivity contribution < 1.29 is 4.79 Å². The fourth-order valence-corrected chi connectivity index (χ4v) is 4.53. The highest BCUT2D eigenvalue weighted by Gasteiger charge is 2.72. The van der Waals surface area contributed by atoms with Crippen molar-refractivity contribution in [3.05, 3.63) is 64.3 Å². The third-order valence-electron chi connectivity index (χ3n) is 5.76. The predicted octanol–water partition coefficient (Wildman–Crippen LogP) is 2.29. The van der Waals surface area contributed by atoms with E-state index in [0.29, 0.717) is 5.69 Å². The first-order valence-electron chi connectivity index (χ1n) is 8.54. The smallest absolute Gasteiger partial charge is 0.250 e. The molecule has 2 aliphatic carbocycles. The maximum atomic E-state index is 13.1. The molecular formula is C19H21N3O2. The molecule has 0 radical (unpaired) electrons. The van der Waals surface area contributed by atoms with E-state index in [1.165, 1.54) is 25.2 Å². The van der Waals surface area contributed by atoms with Gasteiger partial charge in [0.25, 0.3) is 5.56 Å². The van der Waals surface area contributed by atoms with Gasteiger partial charge in [0.1, 0.15) is 0 Å². The largest absolute Gasteiger partial charge is 0.350 e. The number of carbonyl (C=O) groups excluding carboxylic acids is 1. The van der Waals surface area contributed by atoms with Crippen molar-refractivity contribution in [3.8, 4) is 0 Å². The number of benzene rings is 1. The minimum atomic E-state index is -0.411. The highest BCUT2D eigenvalue weighted by atomic mass is 16.2. The Kier molecular flexibility index (Phi) is 3.52. The lowest BCUT2D eigenvalue weighted by atomic mass is 9.84. The van der Waals surface area contributed by atoms with Crippen LogP contribution in [0, 0.1) is 5.41 Å². The summed E-state index contributed by atoms with van der Waals surface area (Å²) in [5.41, 5.74) is 1.21. The molecule has 2 aliphatic rings. The molecule has 2 aromatic rings. The summed E-state index contributed by atoms with van der Waals surface area (Å²) in [4.78, 5) is 31.1. The summed E-state index contributed by atoms with van der Waals surface area (Å²) in [6.07, 6.45) is 6.96. The second-order valence-electron chi connectivity index (χ2n) is 7.02. The first-order valence-corrected chi connectivity index (χ1v) is 8.54. The fraction of sp³-hybridized carbons (Fsp3) is 0.421. The lowest BCUT2D eigenvalue weighted by Crippen LogP contribution is -2.38. The standard InChI is InChI=1S/C19H21N3O2/c23-16-10-15(21-13-22-16)11-20-17(24)19(14-6-2-1-3-7-14)12-18(19)8-4-5-9-18/h1-3,6-7,10,13H,4-5,8-9,11-12H2,(H,20,24)(H,21,22,23). The van der Waals surface area contributed by atoms with Crippen LogP contribution < -0.4 is 10.9 Å². The average molecular weight is 323 g/mol. The molecule has 1 aromatic carbocycles. The van der Waals surface area contributed by atoms with Crippen LogP contribution in [0.5, 0.6) is 0 Å². The quantitative estimate of drug-likeness (QED) is 0.906. The van der Waals surface area contributed by atoms with Crippen molar-refractivity contribution in [3.63, 3.8) is 0 Å². The first-order chi connectivity index (χ1) is 11.7. The van der Waals surface area contributed by atoms with E-state index in [1.54, 1.807) is 0 Å². The maximum absolute atomic E-state index is 13.1. The number of aromatic nitrogens is 2. The third kappa shape index (κ3) is 2.27. The summed E-state index contributed by atoms with van der Waals surface area (Å²) in [6, 6.07) is 11.6. The van der Waals surface area contributed by atoms with Gasteiger partial charge in [0.05, 0.1) is 24.0 Å². The second kappa shape index (κ2) is 5.58. The normalized spacial score (nSPS) is 24.0. The van der Waals surface area contributed by atoms with Gasteiger partial charge in [-0.3, -0.25) is 9.59 Å². The van der Waals surface area contributed by atoms with E-state index >= 15 is 0 Å². The van der Waals surface area contributed by atoms with Gasteiger partial charge in [0.15, 0.2) is 0 Å². The summed E-state index contributed by atoms with van der Waals surface area (Å²) in [5.74, 6) is 0.0673. The second-order valence-corrected chi connectivity index (χ2v) is 7.02. The molecule has 0 aliphatic heterocycles. The Labute approximate surface area is 140 Å². The molecule has 1 amide bonds. The van der Waals surface area contributed by atoms with Crippen molar-refractivity contribution in [2.45, 2.75) is 44.1 Å². The molecular weight excluding hydrogens is 302 g/mol. The van der Waals surface area contributed by atoms with Gasteiger partial charge in [-0.25, -0.2) is 4.98 Å². The van der Waals surface area contributed by atoms with Gasteiger partial charge >= 0.3 is 0 Å². The Bertz CT molecular complexity index is 809. The molecule has 4 rings (SSSR count). The summed E-state index contributed by atoms with van der Waals surface area (Å²) in [5, 5.41) is 3.02. The van der Waals surface area contributed by atoms with E-state index < -0.39 is 5.41 Å². The highest BCUT2D eigenvalue weighted by molar-refractivity contribution is 5.93. The maximum Gasteiger partial charge on any atom is 0.250 e. The Morgan fingerprint density at radius 2 is 1.96 bits per heavy atom. The van der Waals surface area contributed by atoms with Gasteiger partial charge in [0.2, 0.25) is 5.91 Å². The number of nitrogens with one attached hydrogen (secondary N) is 2. The molecule has 0 saturated heterocycles. The zero-order valence-corrected chi connectivity index (χ0v) is 13.5. The number of nitrogens with zero attached hydrogens (tertiary/aromatic N) is 1. The van der Waals surface area contributed by atoms with E-state index in [-0.39, 0.29) is 23.4 Å². The molecule has 1 unspecified atom stereocenters. The summed E-state index contributed by atoms with van der Waals surface area (Å²) in [6.45, 7) is 0.285. The Morgan fingerprint density at radius 1 is 1.21 bits per heavy atom. The van der Waals surface area contributed by atoms with Crippen molar-refractivity contribution in [1.29, 1.82) is 0 Å². The molecule has 1 spiro atoms. The zero-order valence-electron chi connectivity index (χ0n) is 13.5. The van der Waals surface area contributed by atoms with Crippen LogP contribution in [0.1, 0.15) is 43.4 Å². The van der Waals surface area contributed by atoms with Crippen LogP contribution in [0.3, 0.4) is 0 Å². The zero-order chi connectivity index (χ0) is 16.6. The monoisotopic (exact) mass is 323 g/mol. The van der Waals surface area contributed by atoms with E-state index in [1.807, 2.05) is 18.2 Å². The average Bonchev–Trinajstić information content (AvgIpc) is 3.01. The van der Waals surface area contributed by atoms with E-state index in [0.717, 1.165) is 24.8 Å². The number of rotatable bonds is 4. The Hall–Kier alpha value is -2.43. The van der Waals surface area contributed by atoms with Crippen LogP contribution in [-0.4, -0.2) is 15.9 Å². The molecule has 2 saturated carbocycles. The van der Waals surface area contributed by atoms with Crippen LogP contribution in [0.15, 0.2) is 47.5 Å². The van der Waals surface area contributed by atoms with E-state index in [9.17, 15) is 9.59 Å². The number of H-pyrrole nitrogens is 1. The number of amides is 1. The van der Waals surface area contributed by atoms with Crippen molar-refractivity contribution in [1.82, 2.24) is 15.3 Å². The van der Waals surface area contributed by atoms with Crippen LogP contribution in [0.25, 0.3) is 0 Å². The molecule has 2 N–H and O–H groups in total. The molecule has 1 atom stereocenters. The fourth-order valence-electron chi connectivity index (χ4n) is 4.53. The molecule has 2 fully saturated rings. The highest BCUT2D eigenvalue weighted by Crippen LogP contribution is 2.72. The topological polar surface area (TPSA) is 74.8 Å². The lowest BCUT2D eigenvalue weighted by Gasteiger charge is -2.22. The Morgan fingerprint density at radius 3 is 2.67 bits per heavy atom. The van der Waals surface area contributed by atoms with Crippen molar-refractivity contribution in [2.75, 3.05) is 0 Å². The summed E-state index contributed by atoms with van der Waals surface area (Å²) >= 11 is 0. The van der Waals surface area contributed by atoms with Crippen molar-refractivity contribution >= 4 is 5.91 Å². The predicted molar refractivity (Wildman–Crippen MR) is 90.3 cm³/mol. The van der Waals surface area contributed by atoms with Gasteiger partial charge in [-0.2, -0.15) is 0 Å². The van der Waals surface area contributed by atoms with Crippen LogP contribution >= 0.6 is 0 Å².